The van der Waals surface area contributed by atoms with E-state index in [4.69, 9.17) is 0 Å². The van der Waals surface area contributed by atoms with Crippen molar-refractivity contribution in [3.63, 3.8) is 0 Å². The second-order valence-electron chi connectivity index (χ2n) is 2.61. The summed E-state index contributed by atoms with van der Waals surface area (Å²) in [6.45, 7) is 0.630. The Morgan fingerprint density at radius 2 is 1.83 bits per heavy atom. The lowest BCUT2D eigenvalue weighted by Crippen LogP contribution is -2.24. The monoisotopic (exact) mass is 187 g/mol. The summed E-state index contributed by atoms with van der Waals surface area (Å²) in [4.78, 5) is 0. The van der Waals surface area contributed by atoms with Gasteiger partial charge in [-0.25, -0.2) is 4.39 Å². The zero-order valence-corrected chi connectivity index (χ0v) is 6.92. The van der Waals surface area contributed by atoms with Crippen LogP contribution in [0.3, 0.4) is 0 Å². The van der Waals surface area contributed by atoms with E-state index in [1.165, 1.54) is 0 Å². The normalized spacial score (nSPS) is 14.8. The molecule has 1 unspecified atom stereocenters. The number of unbranched alkanes of at least 4 members (excludes halogenated alkanes) is 1. The highest BCUT2D eigenvalue weighted by molar-refractivity contribution is 4.65. The summed E-state index contributed by atoms with van der Waals surface area (Å²) in [5.74, 6) is 0. The van der Waals surface area contributed by atoms with E-state index in [2.05, 4.69) is 5.32 Å². The number of nitrogens with one attached hydrogen (secondary N) is 1. The predicted octanol–water partition coefficient (Wildman–Crippen LogP) is 2.28. The molecule has 0 saturated heterocycles. The Morgan fingerprint density at radius 3 is 2.25 bits per heavy atom. The first kappa shape index (κ1) is 11.7. The second-order valence-corrected chi connectivity index (χ2v) is 2.61. The smallest absolute Gasteiger partial charge is 0.320 e. The molecular weight excluding hydrogens is 174 g/mol. The Bertz CT molecular complexity index is 112. The van der Waals surface area contributed by atoms with Crippen LogP contribution < -0.4 is 5.32 Å². The maximum absolute atomic E-state index is 12.2. The summed E-state index contributed by atoms with van der Waals surface area (Å²) in [5.41, 5.74) is 0. The SMILES string of the molecule is CNCCCCC(F)C(F)(F)F. The molecule has 0 rings (SSSR count). The Morgan fingerprint density at radius 1 is 1.25 bits per heavy atom. The maximum Gasteiger partial charge on any atom is 0.419 e. The van der Waals surface area contributed by atoms with Crippen molar-refractivity contribution in [1.29, 1.82) is 0 Å². The molecule has 0 fully saturated rings. The number of alkyl halides is 4. The zero-order chi connectivity index (χ0) is 9.61. The maximum atomic E-state index is 12.2. The summed E-state index contributed by atoms with van der Waals surface area (Å²) >= 11 is 0. The predicted molar refractivity (Wildman–Crippen MR) is 38.7 cm³/mol. The third-order valence-electron chi connectivity index (χ3n) is 1.49. The minimum Gasteiger partial charge on any atom is -0.320 e. The van der Waals surface area contributed by atoms with Crippen LogP contribution in [-0.4, -0.2) is 25.9 Å². The van der Waals surface area contributed by atoms with Crippen LogP contribution >= 0.6 is 0 Å². The van der Waals surface area contributed by atoms with Crippen LogP contribution in [0, 0.1) is 0 Å². The molecule has 0 radical (unpaired) electrons. The van der Waals surface area contributed by atoms with Crippen molar-refractivity contribution in [3.05, 3.63) is 0 Å². The fourth-order valence-electron chi connectivity index (χ4n) is 0.789. The van der Waals surface area contributed by atoms with Crippen LogP contribution in [0.25, 0.3) is 0 Å². The Kier molecular flexibility index (Phi) is 5.20. The first-order valence-electron chi connectivity index (χ1n) is 3.84. The number of halogens is 4. The summed E-state index contributed by atoms with van der Waals surface area (Å²) < 4.78 is 46.9. The van der Waals surface area contributed by atoms with Gasteiger partial charge < -0.3 is 5.32 Å². The lowest BCUT2D eigenvalue weighted by molar-refractivity contribution is -0.182. The van der Waals surface area contributed by atoms with Crippen LogP contribution in [0.15, 0.2) is 0 Å². The highest BCUT2D eigenvalue weighted by atomic mass is 19.4. The molecule has 5 heteroatoms. The van der Waals surface area contributed by atoms with Crippen LogP contribution in [-0.2, 0) is 0 Å². The molecule has 0 aliphatic heterocycles. The van der Waals surface area contributed by atoms with Gasteiger partial charge in [-0.15, -0.1) is 0 Å². The molecule has 1 nitrogen and oxygen atoms in total. The molecule has 0 aromatic rings. The fraction of sp³-hybridized carbons (Fsp3) is 1.00. The molecule has 1 atom stereocenters. The molecule has 0 saturated carbocycles. The number of rotatable bonds is 5. The molecule has 0 aliphatic carbocycles. The van der Waals surface area contributed by atoms with Gasteiger partial charge in [0.25, 0.3) is 0 Å². The van der Waals surface area contributed by atoms with Gasteiger partial charge in [0.05, 0.1) is 0 Å². The first-order valence-corrected chi connectivity index (χ1v) is 3.84. The van der Waals surface area contributed by atoms with E-state index >= 15 is 0 Å². The van der Waals surface area contributed by atoms with Gasteiger partial charge in [-0.05, 0) is 32.9 Å². The number of hydrogen-bond donors (Lipinski definition) is 1. The molecule has 0 bridgehead atoms. The minimum absolute atomic E-state index is 0.265. The Balaban J connectivity index is 3.38. The average Bonchev–Trinajstić information content (AvgIpc) is 1.96. The van der Waals surface area contributed by atoms with Gasteiger partial charge in [-0.1, -0.05) is 0 Å². The van der Waals surface area contributed by atoms with Crippen molar-refractivity contribution in [2.24, 2.45) is 0 Å². The van der Waals surface area contributed by atoms with E-state index in [-0.39, 0.29) is 6.42 Å². The van der Waals surface area contributed by atoms with E-state index in [1.54, 1.807) is 7.05 Å². The van der Waals surface area contributed by atoms with E-state index < -0.39 is 18.8 Å². The number of hydrogen-bond acceptors (Lipinski definition) is 1. The lowest BCUT2D eigenvalue weighted by Gasteiger charge is -2.11. The van der Waals surface area contributed by atoms with Gasteiger partial charge in [0, 0.05) is 0 Å². The summed E-state index contributed by atoms with van der Waals surface area (Å²) in [7, 11) is 1.71. The standard InChI is InChI=1S/C7H13F4N/c1-12-5-3-2-4-6(8)7(9,10)11/h6,12H,2-5H2,1H3. The van der Waals surface area contributed by atoms with Crippen molar-refractivity contribution < 1.29 is 17.6 Å². The van der Waals surface area contributed by atoms with Gasteiger partial charge in [-0.2, -0.15) is 13.2 Å². The van der Waals surface area contributed by atoms with Gasteiger partial charge in [0.15, 0.2) is 6.17 Å². The zero-order valence-electron chi connectivity index (χ0n) is 6.92. The van der Waals surface area contributed by atoms with Gasteiger partial charge in [-0.3, -0.25) is 0 Å². The summed E-state index contributed by atoms with van der Waals surface area (Å²) in [6, 6.07) is 0. The fourth-order valence-corrected chi connectivity index (χ4v) is 0.789. The molecule has 0 aromatic carbocycles. The molecule has 0 aliphatic rings. The van der Waals surface area contributed by atoms with Crippen molar-refractivity contribution >= 4 is 0 Å². The lowest BCUT2D eigenvalue weighted by atomic mass is 10.1. The highest BCUT2D eigenvalue weighted by Crippen LogP contribution is 2.26. The molecule has 12 heavy (non-hydrogen) atoms. The third-order valence-corrected chi connectivity index (χ3v) is 1.49. The second kappa shape index (κ2) is 5.35. The van der Waals surface area contributed by atoms with Crippen LogP contribution in [0.5, 0.6) is 0 Å². The van der Waals surface area contributed by atoms with Crippen molar-refractivity contribution in [2.45, 2.75) is 31.6 Å². The summed E-state index contributed by atoms with van der Waals surface area (Å²) in [6.07, 6.45) is -6.92. The summed E-state index contributed by atoms with van der Waals surface area (Å²) in [5, 5.41) is 2.78. The quantitative estimate of drug-likeness (QED) is 0.514. The Labute approximate surface area is 69.1 Å². The van der Waals surface area contributed by atoms with E-state index in [0.717, 1.165) is 0 Å². The van der Waals surface area contributed by atoms with Crippen LogP contribution in [0.1, 0.15) is 19.3 Å². The van der Waals surface area contributed by atoms with Gasteiger partial charge in [0.2, 0.25) is 0 Å². The van der Waals surface area contributed by atoms with Crippen molar-refractivity contribution in [1.82, 2.24) is 5.32 Å². The van der Waals surface area contributed by atoms with Gasteiger partial charge >= 0.3 is 6.18 Å². The molecule has 0 spiro atoms. The molecular formula is C7H13F4N. The van der Waals surface area contributed by atoms with Crippen molar-refractivity contribution in [2.75, 3.05) is 13.6 Å². The van der Waals surface area contributed by atoms with Crippen molar-refractivity contribution in [3.8, 4) is 0 Å². The molecule has 0 aromatic heterocycles. The highest BCUT2D eigenvalue weighted by Gasteiger charge is 2.39. The first-order chi connectivity index (χ1) is 5.48. The van der Waals surface area contributed by atoms with E-state index in [1.807, 2.05) is 0 Å². The topological polar surface area (TPSA) is 12.0 Å². The molecule has 74 valence electrons. The molecule has 0 heterocycles. The third kappa shape index (κ3) is 5.35. The Hall–Kier alpha value is -0.320. The van der Waals surface area contributed by atoms with Crippen LogP contribution in [0.2, 0.25) is 0 Å². The minimum atomic E-state index is -4.68. The van der Waals surface area contributed by atoms with E-state index in [0.29, 0.717) is 13.0 Å². The molecule has 0 amide bonds. The van der Waals surface area contributed by atoms with Crippen LogP contribution in [0.4, 0.5) is 17.6 Å². The largest absolute Gasteiger partial charge is 0.419 e. The van der Waals surface area contributed by atoms with E-state index in [9.17, 15) is 17.6 Å². The average molecular weight is 187 g/mol. The molecule has 1 N–H and O–H groups in total. The van der Waals surface area contributed by atoms with Gasteiger partial charge in [0.1, 0.15) is 0 Å².